The molecular formula is C29H29Cl2FN2O4S. The number of ether oxygens (including phenoxy) is 1. The number of anilines is 1. The highest BCUT2D eigenvalue weighted by atomic mass is 35.5. The molecule has 1 saturated heterocycles. The van der Waals surface area contributed by atoms with Gasteiger partial charge in [0.1, 0.15) is 18.5 Å². The van der Waals surface area contributed by atoms with Crippen LogP contribution in [-0.2, 0) is 19.6 Å². The molecule has 3 atom stereocenters. The highest BCUT2D eigenvalue weighted by Gasteiger charge is 2.46. The Morgan fingerprint density at radius 3 is 2.36 bits per heavy atom. The summed E-state index contributed by atoms with van der Waals surface area (Å²) >= 11 is 12.5. The number of sulfonamides is 1. The number of hydrogen-bond donors (Lipinski definition) is 0. The average Bonchev–Trinajstić information content (AvgIpc) is 3.77. The number of para-hydroxylation sites is 1. The van der Waals surface area contributed by atoms with Crippen LogP contribution in [0.25, 0.3) is 0 Å². The fraction of sp³-hybridized carbons (Fsp3) is 0.345. The second-order valence-electron chi connectivity index (χ2n) is 9.87. The molecule has 1 heterocycles. The Hall–Kier alpha value is -2.65. The highest BCUT2D eigenvalue weighted by Crippen LogP contribution is 2.43. The fourth-order valence-corrected chi connectivity index (χ4v) is 7.38. The van der Waals surface area contributed by atoms with Crippen LogP contribution in [0.1, 0.15) is 49.5 Å². The van der Waals surface area contributed by atoms with E-state index in [1.807, 2.05) is 31.2 Å². The second-order valence-corrected chi connectivity index (χ2v) is 12.9. The van der Waals surface area contributed by atoms with Gasteiger partial charge in [0.05, 0.1) is 29.6 Å². The van der Waals surface area contributed by atoms with Gasteiger partial charge in [0.2, 0.25) is 15.9 Å². The molecule has 3 aromatic carbocycles. The van der Waals surface area contributed by atoms with Gasteiger partial charge in [0.25, 0.3) is 0 Å². The van der Waals surface area contributed by atoms with Crippen molar-refractivity contribution in [1.82, 2.24) is 4.90 Å². The number of carbonyl (C=O) groups excluding carboxylic acids is 1. The van der Waals surface area contributed by atoms with Crippen LogP contribution in [0, 0.1) is 5.82 Å². The van der Waals surface area contributed by atoms with Crippen LogP contribution in [0.15, 0.2) is 72.8 Å². The van der Waals surface area contributed by atoms with Crippen LogP contribution in [-0.4, -0.2) is 43.7 Å². The minimum Gasteiger partial charge on any atom is -0.361 e. The van der Waals surface area contributed by atoms with Gasteiger partial charge >= 0.3 is 0 Å². The summed E-state index contributed by atoms with van der Waals surface area (Å²) in [7, 11) is -3.83. The van der Waals surface area contributed by atoms with Crippen molar-refractivity contribution in [3.8, 4) is 0 Å². The summed E-state index contributed by atoms with van der Waals surface area (Å²) in [6, 6.07) is 19.1. The first-order valence-corrected chi connectivity index (χ1v) is 15.2. The van der Waals surface area contributed by atoms with Gasteiger partial charge in [0.15, 0.2) is 0 Å². The Labute approximate surface area is 238 Å². The van der Waals surface area contributed by atoms with Crippen molar-refractivity contribution in [3.05, 3.63) is 99.8 Å². The fourth-order valence-electron chi connectivity index (χ4n) is 5.16. The Kier molecular flexibility index (Phi) is 8.19. The Bertz CT molecular complexity index is 1450. The van der Waals surface area contributed by atoms with E-state index in [9.17, 15) is 17.6 Å². The molecule has 0 bridgehead atoms. The normalized spacial score (nSPS) is 20.6. The van der Waals surface area contributed by atoms with Gasteiger partial charge in [-0.15, -0.1) is 0 Å². The molecule has 1 saturated carbocycles. The average molecular weight is 592 g/mol. The summed E-state index contributed by atoms with van der Waals surface area (Å²) in [5.74, 6) is -0.909. The summed E-state index contributed by atoms with van der Waals surface area (Å²) in [4.78, 5) is 15.3. The third-order valence-corrected chi connectivity index (χ3v) is 10.0. The van der Waals surface area contributed by atoms with Crippen LogP contribution >= 0.6 is 23.2 Å². The molecule has 0 spiro atoms. The van der Waals surface area contributed by atoms with E-state index in [1.165, 1.54) is 18.2 Å². The SMILES string of the molecule is CC[C@H](CN(c1ccccc1F)S(=O)(=O)C1CC1)N1C(=O)CO[C@H](c2cccc(Cl)c2)[C@H]1c1ccc(Cl)cc1. The van der Waals surface area contributed by atoms with Gasteiger partial charge in [-0.3, -0.25) is 9.10 Å². The Morgan fingerprint density at radius 1 is 1.00 bits per heavy atom. The van der Waals surface area contributed by atoms with E-state index in [0.717, 1.165) is 15.4 Å². The van der Waals surface area contributed by atoms with E-state index in [0.29, 0.717) is 29.3 Å². The summed E-state index contributed by atoms with van der Waals surface area (Å²) < 4.78 is 49.4. The number of carbonyl (C=O) groups is 1. The standard InChI is InChI=1S/C29H29Cl2FN2O4S/c1-2-23(17-33(39(36,37)24-14-15-24)26-9-4-3-8-25(26)32)34-27(35)18-38-29(20-6-5-7-22(31)16-20)28(34)19-10-12-21(30)13-11-19/h3-13,16,23-24,28-29H,2,14-15,17-18H2,1H3/t23-,28-,29-/m1/s1. The molecule has 0 aromatic heterocycles. The lowest BCUT2D eigenvalue weighted by atomic mass is 9.91. The molecule has 5 rings (SSSR count). The van der Waals surface area contributed by atoms with Gasteiger partial charge in [-0.2, -0.15) is 0 Å². The molecule has 0 unspecified atom stereocenters. The first-order chi connectivity index (χ1) is 18.7. The molecule has 1 aliphatic heterocycles. The van der Waals surface area contributed by atoms with Crippen LogP contribution in [0.4, 0.5) is 10.1 Å². The minimum absolute atomic E-state index is 0.0157. The Morgan fingerprint density at radius 2 is 1.72 bits per heavy atom. The zero-order valence-corrected chi connectivity index (χ0v) is 23.7. The maximum absolute atomic E-state index is 15.0. The predicted octanol–water partition coefficient (Wildman–Crippen LogP) is 6.55. The minimum atomic E-state index is -3.83. The number of benzene rings is 3. The molecule has 1 amide bonds. The van der Waals surface area contributed by atoms with Crippen LogP contribution in [0.2, 0.25) is 10.0 Å². The molecule has 2 fully saturated rings. The molecule has 6 nitrogen and oxygen atoms in total. The van der Waals surface area contributed by atoms with Gasteiger partial charge in [-0.1, -0.05) is 66.5 Å². The van der Waals surface area contributed by atoms with Crippen molar-refractivity contribution in [1.29, 1.82) is 0 Å². The topological polar surface area (TPSA) is 66.9 Å². The zero-order valence-electron chi connectivity index (χ0n) is 21.3. The lowest BCUT2D eigenvalue weighted by Crippen LogP contribution is -2.55. The number of morpholine rings is 1. The third-order valence-electron chi connectivity index (χ3n) is 7.26. The van der Waals surface area contributed by atoms with Gasteiger partial charge in [-0.25, -0.2) is 12.8 Å². The molecule has 10 heteroatoms. The predicted molar refractivity (Wildman–Crippen MR) is 151 cm³/mol. The summed E-state index contributed by atoms with van der Waals surface area (Å²) in [6.45, 7) is 1.62. The van der Waals surface area contributed by atoms with Gasteiger partial charge in [-0.05, 0) is 66.8 Å². The van der Waals surface area contributed by atoms with Crippen LogP contribution in [0.3, 0.4) is 0 Å². The molecular weight excluding hydrogens is 562 g/mol. The van der Waals surface area contributed by atoms with Crippen LogP contribution in [0.5, 0.6) is 0 Å². The number of halogens is 3. The van der Waals surface area contributed by atoms with Crippen molar-refractivity contribution >= 4 is 44.8 Å². The maximum atomic E-state index is 15.0. The summed E-state index contributed by atoms with van der Waals surface area (Å²) in [5.41, 5.74) is 1.54. The molecule has 206 valence electrons. The van der Waals surface area contributed by atoms with E-state index in [4.69, 9.17) is 27.9 Å². The second kappa shape index (κ2) is 11.5. The first kappa shape index (κ1) is 27.9. The quantitative estimate of drug-likeness (QED) is 0.283. The van der Waals surface area contributed by atoms with Crippen molar-refractivity contribution < 1.29 is 22.3 Å². The first-order valence-electron chi connectivity index (χ1n) is 12.9. The van der Waals surface area contributed by atoms with Crippen molar-refractivity contribution in [2.75, 3.05) is 17.5 Å². The maximum Gasteiger partial charge on any atom is 0.249 e. The van der Waals surface area contributed by atoms with E-state index in [2.05, 4.69) is 0 Å². The van der Waals surface area contributed by atoms with E-state index < -0.39 is 39.3 Å². The molecule has 0 radical (unpaired) electrons. The number of nitrogens with zero attached hydrogens (tertiary/aromatic N) is 2. The van der Waals surface area contributed by atoms with Gasteiger partial charge < -0.3 is 9.64 Å². The molecule has 39 heavy (non-hydrogen) atoms. The van der Waals surface area contributed by atoms with E-state index in [-0.39, 0.29) is 24.7 Å². The van der Waals surface area contributed by atoms with Crippen LogP contribution < -0.4 is 4.31 Å². The highest BCUT2D eigenvalue weighted by molar-refractivity contribution is 7.93. The van der Waals surface area contributed by atoms with Gasteiger partial charge in [0, 0.05) is 10.0 Å². The smallest absolute Gasteiger partial charge is 0.249 e. The number of rotatable bonds is 9. The van der Waals surface area contributed by atoms with Crippen molar-refractivity contribution in [3.63, 3.8) is 0 Å². The van der Waals surface area contributed by atoms with Crippen molar-refractivity contribution in [2.45, 2.75) is 49.6 Å². The monoisotopic (exact) mass is 590 g/mol. The lowest BCUT2D eigenvalue weighted by Gasteiger charge is -2.46. The Balaban J connectivity index is 1.59. The molecule has 0 N–H and O–H groups in total. The summed E-state index contributed by atoms with van der Waals surface area (Å²) in [6.07, 6.45) is 0.928. The molecule has 3 aromatic rings. The number of amides is 1. The van der Waals surface area contributed by atoms with Crippen molar-refractivity contribution in [2.24, 2.45) is 0 Å². The van der Waals surface area contributed by atoms with E-state index in [1.54, 1.807) is 35.2 Å². The zero-order chi connectivity index (χ0) is 27.7. The molecule has 1 aliphatic carbocycles. The summed E-state index contributed by atoms with van der Waals surface area (Å²) in [5, 5.41) is 0.518. The largest absolute Gasteiger partial charge is 0.361 e. The lowest BCUT2D eigenvalue weighted by molar-refractivity contribution is -0.163. The van der Waals surface area contributed by atoms with E-state index >= 15 is 0 Å². The number of hydrogen-bond acceptors (Lipinski definition) is 4. The third kappa shape index (κ3) is 5.80. The molecule has 2 aliphatic rings.